The largest absolute Gasteiger partial charge is 0.497 e. The Bertz CT molecular complexity index is 1100. The zero-order valence-corrected chi connectivity index (χ0v) is 17.5. The van der Waals surface area contributed by atoms with Crippen molar-refractivity contribution in [3.63, 3.8) is 0 Å². The average molecular weight is 413 g/mol. The number of aryl methyl sites for hydroxylation is 2. The van der Waals surface area contributed by atoms with Crippen molar-refractivity contribution in [3.8, 4) is 5.75 Å². The van der Waals surface area contributed by atoms with Crippen LogP contribution in [0, 0.1) is 0 Å². The average Bonchev–Trinajstić information content (AvgIpc) is 3.31. The molecule has 1 aromatic carbocycles. The van der Waals surface area contributed by atoms with Crippen molar-refractivity contribution in [1.29, 1.82) is 0 Å². The molecule has 3 aromatic rings. The van der Waals surface area contributed by atoms with E-state index >= 15 is 0 Å². The summed E-state index contributed by atoms with van der Waals surface area (Å²) in [5.41, 5.74) is 2.26. The Morgan fingerprint density at radius 2 is 2.00 bits per heavy atom. The zero-order chi connectivity index (χ0) is 20.4. The number of hydrogen-bond acceptors (Lipinski definition) is 6. The van der Waals surface area contributed by atoms with Gasteiger partial charge in [0.2, 0.25) is 0 Å². The van der Waals surface area contributed by atoms with Crippen LogP contribution in [0.5, 0.6) is 5.75 Å². The van der Waals surface area contributed by atoms with Crippen LogP contribution in [0.15, 0.2) is 29.1 Å². The van der Waals surface area contributed by atoms with Gasteiger partial charge in [-0.25, -0.2) is 4.98 Å². The third-order valence-electron chi connectivity index (χ3n) is 5.42. The lowest BCUT2D eigenvalue weighted by molar-refractivity contribution is -0.140. The molecule has 2 heterocycles. The SMILES string of the molecule is COC(=O)CCCn1c(Cc2ccc(OC)cc2)nc2sc3c(c2c1=O)CCC3. The standard InChI is InChI=1S/C22H24N2O4S/c1-27-15-10-8-14(9-11-15)13-18-23-21-20(16-5-3-6-17(16)29-21)22(26)24(18)12-4-7-19(25)28-2/h8-11H,3-7,12-13H2,1-2H3. The molecule has 152 valence electrons. The number of esters is 1. The number of carbonyl (C=O) groups excluding carboxylic acids is 1. The number of hydrogen-bond donors (Lipinski definition) is 0. The predicted molar refractivity (Wildman–Crippen MR) is 113 cm³/mol. The predicted octanol–water partition coefficient (Wildman–Crippen LogP) is 3.50. The van der Waals surface area contributed by atoms with E-state index in [4.69, 9.17) is 14.5 Å². The summed E-state index contributed by atoms with van der Waals surface area (Å²) in [6.07, 6.45) is 4.47. The van der Waals surface area contributed by atoms with E-state index in [9.17, 15) is 9.59 Å². The molecule has 0 N–H and O–H groups in total. The maximum Gasteiger partial charge on any atom is 0.305 e. The highest BCUT2D eigenvalue weighted by atomic mass is 32.1. The molecule has 7 heteroatoms. The Hall–Kier alpha value is -2.67. The Morgan fingerprint density at radius 3 is 2.72 bits per heavy atom. The lowest BCUT2D eigenvalue weighted by Crippen LogP contribution is -2.26. The van der Waals surface area contributed by atoms with Gasteiger partial charge in [0.05, 0.1) is 19.6 Å². The van der Waals surface area contributed by atoms with Gasteiger partial charge in [0.1, 0.15) is 16.4 Å². The van der Waals surface area contributed by atoms with Crippen LogP contribution in [-0.2, 0) is 35.3 Å². The molecule has 0 bridgehead atoms. The van der Waals surface area contributed by atoms with Gasteiger partial charge in [0.15, 0.2) is 0 Å². The van der Waals surface area contributed by atoms with Crippen molar-refractivity contribution >= 4 is 27.5 Å². The van der Waals surface area contributed by atoms with E-state index < -0.39 is 0 Å². The van der Waals surface area contributed by atoms with Crippen LogP contribution in [0.3, 0.4) is 0 Å². The first-order valence-corrected chi connectivity index (χ1v) is 10.7. The molecule has 1 aliphatic rings. The number of thiophene rings is 1. The van der Waals surface area contributed by atoms with Crippen LogP contribution < -0.4 is 10.3 Å². The summed E-state index contributed by atoms with van der Waals surface area (Å²) in [6, 6.07) is 7.80. The Morgan fingerprint density at radius 1 is 1.21 bits per heavy atom. The minimum Gasteiger partial charge on any atom is -0.497 e. The minimum atomic E-state index is -0.264. The van der Waals surface area contributed by atoms with Crippen LogP contribution in [0.2, 0.25) is 0 Å². The van der Waals surface area contributed by atoms with Gasteiger partial charge in [0, 0.05) is 24.3 Å². The summed E-state index contributed by atoms with van der Waals surface area (Å²) in [5.74, 6) is 1.26. The fourth-order valence-corrected chi connectivity index (χ4v) is 5.16. The molecular weight excluding hydrogens is 388 g/mol. The second kappa shape index (κ2) is 8.37. The molecule has 0 amide bonds. The number of fused-ring (bicyclic) bond motifs is 3. The number of carbonyl (C=O) groups is 1. The monoisotopic (exact) mass is 412 g/mol. The second-order valence-corrected chi connectivity index (χ2v) is 8.31. The van der Waals surface area contributed by atoms with Crippen LogP contribution in [-0.4, -0.2) is 29.7 Å². The fourth-order valence-electron chi connectivity index (χ4n) is 3.89. The molecular formula is C22H24N2O4S. The maximum atomic E-state index is 13.4. The van der Waals surface area contributed by atoms with Crippen molar-refractivity contribution in [2.45, 2.75) is 45.1 Å². The van der Waals surface area contributed by atoms with E-state index in [1.807, 2.05) is 24.3 Å². The molecule has 0 saturated heterocycles. The first-order chi connectivity index (χ1) is 14.1. The lowest BCUT2D eigenvalue weighted by atomic mass is 10.1. The van der Waals surface area contributed by atoms with Crippen molar-refractivity contribution in [2.24, 2.45) is 0 Å². The highest BCUT2D eigenvalue weighted by Crippen LogP contribution is 2.35. The van der Waals surface area contributed by atoms with Crippen molar-refractivity contribution in [3.05, 3.63) is 56.4 Å². The second-order valence-electron chi connectivity index (χ2n) is 7.23. The molecule has 0 saturated carbocycles. The van der Waals surface area contributed by atoms with Gasteiger partial charge in [-0.2, -0.15) is 0 Å². The number of rotatable bonds is 7. The molecule has 0 aliphatic heterocycles. The number of nitrogens with zero attached hydrogens (tertiary/aromatic N) is 2. The van der Waals surface area contributed by atoms with Crippen LogP contribution in [0.4, 0.5) is 0 Å². The summed E-state index contributed by atoms with van der Waals surface area (Å²) >= 11 is 1.65. The topological polar surface area (TPSA) is 70.4 Å². The van der Waals surface area contributed by atoms with E-state index in [2.05, 4.69) is 0 Å². The summed E-state index contributed by atoms with van der Waals surface area (Å²) in [4.78, 5) is 31.9. The van der Waals surface area contributed by atoms with Gasteiger partial charge in [-0.05, 0) is 48.9 Å². The molecule has 0 spiro atoms. The van der Waals surface area contributed by atoms with E-state index in [0.717, 1.165) is 46.6 Å². The normalized spacial score (nSPS) is 12.9. The van der Waals surface area contributed by atoms with Crippen LogP contribution in [0.25, 0.3) is 10.2 Å². The quantitative estimate of drug-likeness (QED) is 0.556. The van der Waals surface area contributed by atoms with Crippen molar-refractivity contribution < 1.29 is 14.3 Å². The molecule has 4 rings (SSSR count). The Kier molecular flexibility index (Phi) is 5.67. The highest BCUT2D eigenvalue weighted by Gasteiger charge is 2.23. The van der Waals surface area contributed by atoms with Gasteiger partial charge in [0.25, 0.3) is 5.56 Å². The molecule has 1 aliphatic carbocycles. The van der Waals surface area contributed by atoms with Crippen LogP contribution >= 0.6 is 11.3 Å². The van der Waals surface area contributed by atoms with Gasteiger partial charge in [-0.3, -0.25) is 14.2 Å². The van der Waals surface area contributed by atoms with Gasteiger partial charge >= 0.3 is 5.97 Å². The number of benzene rings is 1. The van der Waals surface area contributed by atoms with Gasteiger partial charge in [-0.15, -0.1) is 11.3 Å². The van der Waals surface area contributed by atoms with Crippen molar-refractivity contribution in [2.75, 3.05) is 14.2 Å². The summed E-state index contributed by atoms with van der Waals surface area (Å²) in [6.45, 7) is 0.451. The number of ether oxygens (including phenoxy) is 2. The van der Waals surface area contributed by atoms with Crippen molar-refractivity contribution in [1.82, 2.24) is 9.55 Å². The summed E-state index contributed by atoms with van der Waals surface area (Å²) in [7, 11) is 3.02. The van der Waals surface area contributed by atoms with Gasteiger partial charge < -0.3 is 9.47 Å². The van der Waals surface area contributed by atoms with Crippen LogP contribution in [0.1, 0.15) is 41.1 Å². The molecule has 0 unspecified atom stereocenters. The number of aromatic nitrogens is 2. The van der Waals surface area contributed by atoms with E-state index in [0.29, 0.717) is 19.4 Å². The third kappa shape index (κ3) is 3.92. The minimum absolute atomic E-state index is 0.0165. The molecule has 2 aromatic heterocycles. The summed E-state index contributed by atoms with van der Waals surface area (Å²) in [5, 5.41) is 0.777. The third-order valence-corrected chi connectivity index (χ3v) is 6.60. The van der Waals surface area contributed by atoms with E-state index in [1.165, 1.54) is 17.6 Å². The Labute approximate surface area is 173 Å². The highest BCUT2D eigenvalue weighted by molar-refractivity contribution is 7.18. The van der Waals surface area contributed by atoms with E-state index in [-0.39, 0.29) is 17.9 Å². The van der Waals surface area contributed by atoms with Gasteiger partial charge in [-0.1, -0.05) is 12.1 Å². The lowest BCUT2D eigenvalue weighted by Gasteiger charge is -2.13. The zero-order valence-electron chi connectivity index (χ0n) is 16.7. The summed E-state index contributed by atoms with van der Waals surface area (Å²) < 4.78 is 11.7. The smallest absolute Gasteiger partial charge is 0.305 e. The Balaban J connectivity index is 1.72. The molecule has 0 atom stereocenters. The molecule has 29 heavy (non-hydrogen) atoms. The number of methoxy groups -OCH3 is 2. The molecule has 0 radical (unpaired) electrons. The van der Waals surface area contributed by atoms with E-state index in [1.54, 1.807) is 23.0 Å². The first-order valence-electron chi connectivity index (χ1n) is 9.84. The fraction of sp³-hybridized carbons (Fsp3) is 0.409. The molecule has 6 nitrogen and oxygen atoms in total. The maximum absolute atomic E-state index is 13.4. The first kappa shape index (κ1) is 19.6. The molecule has 0 fully saturated rings.